The molecule has 1 fully saturated rings. The van der Waals surface area contributed by atoms with Crippen molar-refractivity contribution in [2.75, 3.05) is 0 Å². The molecule has 2 N–H and O–H groups in total. The molecule has 3 rings (SSSR count). The summed E-state index contributed by atoms with van der Waals surface area (Å²) < 4.78 is 0. The molecule has 0 saturated heterocycles. The molecule has 2 nitrogen and oxygen atoms in total. The Labute approximate surface area is 119 Å². The van der Waals surface area contributed by atoms with E-state index in [-0.39, 0.29) is 0 Å². The average Bonchev–Trinajstić information content (AvgIpc) is 2.72. The van der Waals surface area contributed by atoms with E-state index in [0.29, 0.717) is 12.8 Å². The number of hydrogen-bond acceptors (Lipinski definition) is 2. The third kappa shape index (κ3) is 1.80. The van der Waals surface area contributed by atoms with E-state index in [2.05, 4.69) is 6.58 Å². The standard InChI is InChI=1S/C18H18O2/c1-14-12-17(19,15-8-4-2-5-9-15)18(20,13-14)16-10-6-3-7-11-16/h2-11,19-20H,1,12-13H2/t17-,18+. The van der Waals surface area contributed by atoms with Crippen molar-refractivity contribution in [2.24, 2.45) is 0 Å². The molecule has 1 saturated carbocycles. The zero-order valence-corrected chi connectivity index (χ0v) is 11.3. The van der Waals surface area contributed by atoms with Gasteiger partial charge in [-0.15, -0.1) is 0 Å². The molecule has 0 heterocycles. The SMILES string of the molecule is C=C1C[C@@](O)(c2ccccc2)[C@@](O)(c2ccccc2)C1. The van der Waals surface area contributed by atoms with Crippen molar-refractivity contribution in [3.8, 4) is 0 Å². The summed E-state index contributed by atoms with van der Waals surface area (Å²) in [6, 6.07) is 18.7. The van der Waals surface area contributed by atoms with Crippen LogP contribution in [0.3, 0.4) is 0 Å². The smallest absolute Gasteiger partial charge is 0.126 e. The van der Waals surface area contributed by atoms with Crippen molar-refractivity contribution in [3.05, 3.63) is 83.9 Å². The summed E-state index contributed by atoms with van der Waals surface area (Å²) in [5.41, 5.74) is -0.336. The minimum atomic E-state index is -1.33. The second-order valence-corrected chi connectivity index (χ2v) is 5.56. The van der Waals surface area contributed by atoms with Crippen LogP contribution in [0, 0.1) is 0 Å². The summed E-state index contributed by atoms with van der Waals surface area (Å²) in [7, 11) is 0. The van der Waals surface area contributed by atoms with Crippen molar-refractivity contribution >= 4 is 0 Å². The van der Waals surface area contributed by atoms with Crippen molar-refractivity contribution in [1.29, 1.82) is 0 Å². The van der Waals surface area contributed by atoms with Gasteiger partial charge < -0.3 is 10.2 Å². The van der Waals surface area contributed by atoms with E-state index in [1.54, 1.807) is 0 Å². The van der Waals surface area contributed by atoms with Gasteiger partial charge in [-0.2, -0.15) is 0 Å². The van der Waals surface area contributed by atoms with E-state index in [1.165, 1.54) is 0 Å². The van der Waals surface area contributed by atoms with Crippen LogP contribution in [-0.2, 0) is 11.2 Å². The van der Waals surface area contributed by atoms with Crippen LogP contribution >= 0.6 is 0 Å². The predicted molar refractivity (Wildman–Crippen MR) is 79.1 cm³/mol. The Kier molecular flexibility index (Phi) is 3.00. The number of hydrogen-bond donors (Lipinski definition) is 2. The highest BCUT2D eigenvalue weighted by molar-refractivity contribution is 5.40. The Hall–Kier alpha value is -1.90. The number of aliphatic hydroxyl groups is 2. The first-order chi connectivity index (χ1) is 9.56. The lowest BCUT2D eigenvalue weighted by Gasteiger charge is -2.38. The van der Waals surface area contributed by atoms with Crippen LogP contribution in [0.4, 0.5) is 0 Å². The molecule has 0 unspecified atom stereocenters. The lowest BCUT2D eigenvalue weighted by Crippen LogP contribution is -2.45. The maximum atomic E-state index is 11.2. The maximum Gasteiger partial charge on any atom is 0.126 e. The molecular formula is C18H18O2. The van der Waals surface area contributed by atoms with Gasteiger partial charge in [0, 0.05) is 12.8 Å². The van der Waals surface area contributed by atoms with Gasteiger partial charge in [0.25, 0.3) is 0 Å². The maximum absolute atomic E-state index is 11.2. The Morgan fingerprint density at radius 2 is 1.05 bits per heavy atom. The van der Waals surface area contributed by atoms with Gasteiger partial charge in [-0.25, -0.2) is 0 Å². The van der Waals surface area contributed by atoms with E-state index >= 15 is 0 Å². The fourth-order valence-corrected chi connectivity index (χ4v) is 3.19. The highest BCUT2D eigenvalue weighted by Gasteiger charge is 2.56. The molecule has 2 heteroatoms. The van der Waals surface area contributed by atoms with Crippen LogP contribution in [0.2, 0.25) is 0 Å². The van der Waals surface area contributed by atoms with Gasteiger partial charge >= 0.3 is 0 Å². The van der Waals surface area contributed by atoms with Gasteiger partial charge in [-0.05, 0) is 11.1 Å². The van der Waals surface area contributed by atoms with Crippen LogP contribution in [0.1, 0.15) is 24.0 Å². The first kappa shape index (κ1) is 13.1. The summed E-state index contributed by atoms with van der Waals surface area (Å²) in [5, 5.41) is 22.4. The molecule has 2 atom stereocenters. The van der Waals surface area contributed by atoms with Crippen LogP contribution in [0.15, 0.2) is 72.8 Å². The molecule has 1 aliphatic carbocycles. The van der Waals surface area contributed by atoms with Gasteiger partial charge in [-0.1, -0.05) is 72.8 Å². The highest BCUT2D eigenvalue weighted by Crippen LogP contribution is 2.53. The second-order valence-electron chi connectivity index (χ2n) is 5.56. The summed E-state index contributed by atoms with van der Waals surface area (Å²) in [6.07, 6.45) is 0.755. The molecule has 1 aliphatic rings. The lowest BCUT2D eigenvalue weighted by atomic mass is 9.76. The molecule has 2 aromatic carbocycles. The highest BCUT2D eigenvalue weighted by atomic mass is 16.4. The number of benzene rings is 2. The normalized spacial score (nSPS) is 29.6. The Morgan fingerprint density at radius 3 is 1.40 bits per heavy atom. The van der Waals surface area contributed by atoms with Crippen molar-refractivity contribution in [2.45, 2.75) is 24.0 Å². The largest absolute Gasteiger partial charge is 0.381 e. The van der Waals surface area contributed by atoms with Crippen LogP contribution < -0.4 is 0 Å². The summed E-state index contributed by atoms with van der Waals surface area (Å²) >= 11 is 0. The van der Waals surface area contributed by atoms with E-state index in [0.717, 1.165) is 16.7 Å². The molecule has 0 amide bonds. The van der Waals surface area contributed by atoms with Crippen molar-refractivity contribution in [1.82, 2.24) is 0 Å². The summed E-state index contributed by atoms with van der Waals surface area (Å²) in [4.78, 5) is 0. The molecule has 20 heavy (non-hydrogen) atoms. The molecule has 0 spiro atoms. The zero-order valence-electron chi connectivity index (χ0n) is 11.3. The topological polar surface area (TPSA) is 40.5 Å². The van der Waals surface area contributed by atoms with Crippen molar-refractivity contribution in [3.63, 3.8) is 0 Å². The monoisotopic (exact) mass is 266 g/mol. The number of rotatable bonds is 2. The molecule has 2 aromatic rings. The third-order valence-corrected chi connectivity index (χ3v) is 4.20. The molecule has 0 aromatic heterocycles. The van der Waals surface area contributed by atoms with Gasteiger partial charge in [-0.3, -0.25) is 0 Å². The molecule has 102 valence electrons. The third-order valence-electron chi connectivity index (χ3n) is 4.20. The second kappa shape index (κ2) is 4.58. The van der Waals surface area contributed by atoms with E-state index in [1.807, 2.05) is 60.7 Å². The lowest BCUT2D eigenvalue weighted by molar-refractivity contribution is -0.143. The predicted octanol–water partition coefficient (Wildman–Crippen LogP) is 3.11. The van der Waals surface area contributed by atoms with Crippen LogP contribution in [0.5, 0.6) is 0 Å². The van der Waals surface area contributed by atoms with Crippen molar-refractivity contribution < 1.29 is 10.2 Å². The zero-order chi connectivity index (χ0) is 14.2. The minimum Gasteiger partial charge on any atom is -0.381 e. The molecule has 0 aliphatic heterocycles. The Bertz CT molecular complexity index is 565. The summed E-state index contributed by atoms with van der Waals surface area (Å²) in [6.45, 7) is 3.98. The summed E-state index contributed by atoms with van der Waals surface area (Å²) in [5.74, 6) is 0. The van der Waals surface area contributed by atoms with E-state index in [4.69, 9.17) is 0 Å². The van der Waals surface area contributed by atoms with Gasteiger partial charge in [0.1, 0.15) is 11.2 Å². The fraction of sp³-hybridized carbons (Fsp3) is 0.222. The Balaban J connectivity index is 2.16. The average molecular weight is 266 g/mol. The van der Waals surface area contributed by atoms with Gasteiger partial charge in [0.15, 0.2) is 0 Å². The van der Waals surface area contributed by atoms with E-state index < -0.39 is 11.2 Å². The van der Waals surface area contributed by atoms with E-state index in [9.17, 15) is 10.2 Å². The molecular weight excluding hydrogens is 248 g/mol. The molecule has 0 bridgehead atoms. The van der Waals surface area contributed by atoms with Crippen LogP contribution in [-0.4, -0.2) is 10.2 Å². The quantitative estimate of drug-likeness (QED) is 0.820. The fourth-order valence-electron chi connectivity index (χ4n) is 3.19. The molecule has 0 radical (unpaired) electrons. The first-order valence-electron chi connectivity index (χ1n) is 6.79. The minimum absolute atomic E-state index is 0.377. The first-order valence-corrected chi connectivity index (χ1v) is 6.79. The van der Waals surface area contributed by atoms with Gasteiger partial charge in [0.2, 0.25) is 0 Å². The Morgan fingerprint density at radius 1 is 0.700 bits per heavy atom. The van der Waals surface area contributed by atoms with Crippen LogP contribution in [0.25, 0.3) is 0 Å². The van der Waals surface area contributed by atoms with Gasteiger partial charge in [0.05, 0.1) is 0 Å².